The van der Waals surface area contributed by atoms with Gasteiger partial charge in [0.2, 0.25) is 0 Å². The van der Waals surface area contributed by atoms with E-state index in [1.807, 2.05) is 0 Å². The quantitative estimate of drug-likeness (QED) is 0.188. The summed E-state index contributed by atoms with van der Waals surface area (Å²) in [6, 6.07) is 1.56. The lowest BCUT2D eigenvalue weighted by molar-refractivity contribution is 0.0948. The Bertz CT molecular complexity index is 1230. The Hall–Kier alpha value is -4.48. The molecule has 0 radical (unpaired) electrons. The van der Waals surface area contributed by atoms with Gasteiger partial charge < -0.3 is 42.0 Å². The predicted octanol–water partition coefficient (Wildman–Crippen LogP) is 1.44. The number of amides is 3. The number of aromatic nitrogens is 3. The molecule has 0 saturated heterocycles. The molecule has 0 spiro atoms. The van der Waals surface area contributed by atoms with Crippen LogP contribution in [-0.4, -0.2) is 44.6 Å². The van der Waals surface area contributed by atoms with E-state index in [0.29, 0.717) is 39.6 Å². The number of anilines is 3. The zero-order valence-corrected chi connectivity index (χ0v) is 18.6. The maximum Gasteiger partial charge on any atom is 0.272 e. The number of aryl methyl sites for hydroxylation is 1. The Labute approximate surface area is 189 Å². The highest BCUT2D eigenvalue weighted by molar-refractivity contribution is 6.09. The standard InChI is InChI=1S/C21H27N9O3/c1-10-14(8-26-17(10)20(32)25-5-4-16(23)24)29-21(33)18-11(2)13(7-27-18)28-19(31)15-6-12(22)9-30(15)3/h6-9,26-27H,4-5,22H2,1-3H3,(H3,23,24)(H,25,32)(H,28,31)(H,29,33). The Kier molecular flexibility index (Phi) is 6.56. The number of nitrogens with zero attached hydrogens (tertiary/aromatic N) is 1. The van der Waals surface area contributed by atoms with E-state index in [9.17, 15) is 14.4 Å². The highest BCUT2D eigenvalue weighted by atomic mass is 16.2. The van der Waals surface area contributed by atoms with E-state index in [2.05, 4.69) is 25.9 Å². The molecule has 0 fully saturated rings. The fraction of sp³-hybridized carbons (Fsp3) is 0.238. The van der Waals surface area contributed by atoms with E-state index < -0.39 is 5.91 Å². The minimum absolute atomic E-state index is 0.0175. The molecule has 10 N–H and O–H groups in total. The second-order valence-corrected chi connectivity index (χ2v) is 7.61. The maximum atomic E-state index is 12.8. The molecule has 0 saturated carbocycles. The molecule has 0 aliphatic heterocycles. The molecule has 0 aromatic carbocycles. The average molecular weight is 454 g/mol. The van der Waals surface area contributed by atoms with Gasteiger partial charge in [-0.15, -0.1) is 0 Å². The number of aromatic amines is 2. The molecule has 0 bridgehead atoms. The zero-order valence-electron chi connectivity index (χ0n) is 18.6. The van der Waals surface area contributed by atoms with Crippen LogP contribution in [0.1, 0.15) is 49.0 Å². The molecule has 0 aliphatic rings. The van der Waals surface area contributed by atoms with Crippen molar-refractivity contribution in [3.8, 4) is 0 Å². The summed E-state index contributed by atoms with van der Waals surface area (Å²) < 4.78 is 1.61. The van der Waals surface area contributed by atoms with Crippen LogP contribution in [-0.2, 0) is 7.05 Å². The number of H-pyrrole nitrogens is 2. The summed E-state index contributed by atoms with van der Waals surface area (Å²) in [4.78, 5) is 43.4. The molecule has 3 aromatic heterocycles. The maximum absolute atomic E-state index is 12.8. The van der Waals surface area contributed by atoms with Crippen molar-refractivity contribution in [2.75, 3.05) is 22.9 Å². The Morgan fingerprint density at radius 2 is 1.55 bits per heavy atom. The minimum atomic E-state index is -0.429. The summed E-state index contributed by atoms with van der Waals surface area (Å²) in [5.74, 6) is -1.17. The second-order valence-electron chi connectivity index (χ2n) is 7.61. The molecule has 0 atom stereocenters. The van der Waals surface area contributed by atoms with Crippen molar-refractivity contribution in [2.45, 2.75) is 20.3 Å². The van der Waals surface area contributed by atoms with Gasteiger partial charge in [-0.2, -0.15) is 0 Å². The van der Waals surface area contributed by atoms with E-state index in [-0.39, 0.29) is 36.3 Å². The molecule has 3 heterocycles. The van der Waals surface area contributed by atoms with Crippen molar-refractivity contribution in [3.63, 3.8) is 0 Å². The van der Waals surface area contributed by atoms with Crippen LogP contribution in [0.15, 0.2) is 24.7 Å². The van der Waals surface area contributed by atoms with Crippen LogP contribution < -0.4 is 27.4 Å². The fourth-order valence-corrected chi connectivity index (χ4v) is 3.31. The first-order chi connectivity index (χ1) is 15.6. The van der Waals surface area contributed by atoms with Crippen molar-refractivity contribution in [1.82, 2.24) is 19.9 Å². The lowest BCUT2D eigenvalue weighted by Gasteiger charge is -2.07. The number of carbonyl (C=O) groups excluding carboxylic acids is 3. The largest absolute Gasteiger partial charge is 0.397 e. The molecule has 33 heavy (non-hydrogen) atoms. The van der Waals surface area contributed by atoms with Gasteiger partial charge in [-0.25, -0.2) is 0 Å². The molecule has 3 amide bonds. The van der Waals surface area contributed by atoms with Gasteiger partial charge in [0.15, 0.2) is 0 Å². The van der Waals surface area contributed by atoms with E-state index in [4.69, 9.17) is 16.9 Å². The molecule has 3 aromatic rings. The lowest BCUT2D eigenvalue weighted by atomic mass is 10.2. The van der Waals surface area contributed by atoms with Crippen molar-refractivity contribution in [1.29, 1.82) is 5.41 Å². The average Bonchev–Trinajstić information content (AvgIpc) is 3.39. The van der Waals surface area contributed by atoms with Crippen molar-refractivity contribution in [3.05, 3.63) is 52.9 Å². The number of rotatable bonds is 8. The first-order valence-corrected chi connectivity index (χ1v) is 10.1. The van der Waals surface area contributed by atoms with E-state index in [1.54, 1.807) is 37.7 Å². The molecule has 12 heteroatoms. The summed E-state index contributed by atoms with van der Waals surface area (Å²) in [5.41, 5.74) is 14.4. The molecule has 12 nitrogen and oxygen atoms in total. The number of amidine groups is 1. The van der Waals surface area contributed by atoms with E-state index in [0.717, 1.165) is 0 Å². The first-order valence-electron chi connectivity index (χ1n) is 10.1. The van der Waals surface area contributed by atoms with Gasteiger partial charge >= 0.3 is 0 Å². The van der Waals surface area contributed by atoms with Crippen LogP contribution in [0.2, 0.25) is 0 Å². The van der Waals surface area contributed by atoms with Gasteiger partial charge in [0.1, 0.15) is 17.1 Å². The summed E-state index contributed by atoms with van der Waals surface area (Å²) >= 11 is 0. The summed E-state index contributed by atoms with van der Waals surface area (Å²) in [5, 5.41) is 15.4. The van der Waals surface area contributed by atoms with Crippen molar-refractivity contribution in [2.24, 2.45) is 12.8 Å². The summed E-state index contributed by atoms with van der Waals surface area (Å²) in [6.07, 6.45) is 4.94. The van der Waals surface area contributed by atoms with Crippen LogP contribution in [0.3, 0.4) is 0 Å². The normalized spacial score (nSPS) is 10.6. The third kappa shape index (κ3) is 5.06. The minimum Gasteiger partial charge on any atom is -0.397 e. The van der Waals surface area contributed by atoms with Gasteiger partial charge in [0, 0.05) is 49.7 Å². The topological polar surface area (TPSA) is 200 Å². The fourth-order valence-electron chi connectivity index (χ4n) is 3.31. The molecular weight excluding hydrogens is 426 g/mol. The Morgan fingerprint density at radius 1 is 1.00 bits per heavy atom. The van der Waals surface area contributed by atoms with Gasteiger partial charge in [0.25, 0.3) is 17.7 Å². The zero-order chi connectivity index (χ0) is 24.3. The number of nitrogens with one attached hydrogen (secondary N) is 6. The Balaban J connectivity index is 1.68. The van der Waals surface area contributed by atoms with Crippen LogP contribution in [0.4, 0.5) is 17.1 Å². The second kappa shape index (κ2) is 9.34. The summed E-state index contributed by atoms with van der Waals surface area (Å²) in [6.45, 7) is 3.64. The third-order valence-corrected chi connectivity index (χ3v) is 5.17. The monoisotopic (exact) mass is 453 g/mol. The van der Waals surface area contributed by atoms with Gasteiger partial charge in [0.05, 0.1) is 22.9 Å². The highest BCUT2D eigenvalue weighted by Crippen LogP contribution is 2.23. The first kappa shape index (κ1) is 23.2. The number of nitrogen functional groups attached to an aromatic ring is 1. The van der Waals surface area contributed by atoms with Crippen LogP contribution >= 0.6 is 0 Å². The van der Waals surface area contributed by atoms with Gasteiger partial charge in [-0.05, 0) is 19.9 Å². The van der Waals surface area contributed by atoms with E-state index in [1.165, 1.54) is 12.4 Å². The summed E-state index contributed by atoms with van der Waals surface area (Å²) in [7, 11) is 1.71. The highest BCUT2D eigenvalue weighted by Gasteiger charge is 2.20. The molecule has 0 unspecified atom stereocenters. The lowest BCUT2D eigenvalue weighted by Crippen LogP contribution is -2.28. The predicted molar refractivity (Wildman–Crippen MR) is 126 cm³/mol. The van der Waals surface area contributed by atoms with Crippen molar-refractivity contribution < 1.29 is 14.4 Å². The van der Waals surface area contributed by atoms with Crippen LogP contribution in [0, 0.1) is 19.3 Å². The Morgan fingerprint density at radius 3 is 2.06 bits per heavy atom. The van der Waals surface area contributed by atoms with Crippen molar-refractivity contribution >= 4 is 40.6 Å². The molecule has 3 rings (SSSR count). The number of nitrogens with two attached hydrogens (primary N) is 2. The molecule has 174 valence electrons. The third-order valence-electron chi connectivity index (χ3n) is 5.17. The number of hydrogen-bond acceptors (Lipinski definition) is 5. The molecule has 0 aliphatic carbocycles. The van der Waals surface area contributed by atoms with E-state index >= 15 is 0 Å². The SMILES string of the molecule is Cc1c(NC(=O)c2[nH]cc(NC(=O)c3cc(N)cn3C)c2C)c[nH]c1C(=O)NCCC(=N)N. The number of hydrogen-bond donors (Lipinski definition) is 8. The number of carbonyl (C=O) groups is 3. The molecular formula is C21H27N9O3. The van der Waals surface area contributed by atoms with Gasteiger partial charge in [-0.1, -0.05) is 0 Å². The smallest absolute Gasteiger partial charge is 0.272 e. The van der Waals surface area contributed by atoms with Crippen LogP contribution in [0.5, 0.6) is 0 Å². The van der Waals surface area contributed by atoms with Crippen LogP contribution in [0.25, 0.3) is 0 Å². The van der Waals surface area contributed by atoms with Gasteiger partial charge in [-0.3, -0.25) is 19.8 Å².